The zero-order chi connectivity index (χ0) is 8.31. The van der Waals surface area contributed by atoms with Crippen LogP contribution >= 0.6 is 0 Å². The minimum atomic E-state index is -1.02. The van der Waals surface area contributed by atoms with Gasteiger partial charge in [0.05, 0.1) is 12.0 Å². The molecular weight excluding hydrogens is 134 g/mol. The predicted octanol–water partition coefficient (Wildman–Crippen LogP) is -0.585. The third kappa shape index (κ3) is 2.33. The lowest BCUT2D eigenvalue weighted by Crippen LogP contribution is -2.39. The lowest BCUT2D eigenvalue weighted by molar-refractivity contribution is -0.145. The zero-order valence-corrected chi connectivity index (χ0v) is 6.11. The van der Waals surface area contributed by atoms with Crippen molar-refractivity contribution in [2.45, 2.75) is 26.0 Å². The SMILES string of the molecule is CC(C(=O)O)[C@H](O)[C@@H](C)N. The van der Waals surface area contributed by atoms with Crippen molar-refractivity contribution in [3.63, 3.8) is 0 Å². The van der Waals surface area contributed by atoms with Gasteiger partial charge in [0.2, 0.25) is 0 Å². The second-order valence-electron chi connectivity index (χ2n) is 2.48. The lowest BCUT2D eigenvalue weighted by atomic mass is 10.0. The summed E-state index contributed by atoms with van der Waals surface area (Å²) >= 11 is 0. The average molecular weight is 147 g/mol. The second kappa shape index (κ2) is 3.53. The molecule has 0 aromatic carbocycles. The Morgan fingerprint density at radius 3 is 2.00 bits per heavy atom. The molecule has 0 bridgehead atoms. The molecule has 1 unspecified atom stereocenters. The Hall–Kier alpha value is -0.610. The van der Waals surface area contributed by atoms with Crippen LogP contribution in [0.1, 0.15) is 13.8 Å². The van der Waals surface area contributed by atoms with Crippen LogP contribution in [0.15, 0.2) is 0 Å². The summed E-state index contributed by atoms with van der Waals surface area (Å²) in [5.41, 5.74) is 5.26. The monoisotopic (exact) mass is 147 g/mol. The van der Waals surface area contributed by atoms with Crippen LogP contribution in [0.25, 0.3) is 0 Å². The van der Waals surface area contributed by atoms with E-state index in [9.17, 15) is 4.79 Å². The maximum atomic E-state index is 10.2. The third-order valence-electron chi connectivity index (χ3n) is 1.44. The number of aliphatic hydroxyl groups is 1. The van der Waals surface area contributed by atoms with Crippen LogP contribution in [0.2, 0.25) is 0 Å². The van der Waals surface area contributed by atoms with E-state index in [-0.39, 0.29) is 0 Å². The number of hydrogen-bond acceptors (Lipinski definition) is 3. The molecule has 4 heteroatoms. The first-order chi connectivity index (χ1) is 4.46. The Bertz CT molecular complexity index is 124. The number of carbonyl (C=O) groups is 1. The second-order valence-corrected chi connectivity index (χ2v) is 2.48. The molecule has 0 aromatic rings. The number of carboxylic acids is 1. The Morgan fingerprint density at radius 2 is 1.90 bits per heavy atom. The highest BCUT2D eigenvalue weighted by molar-refractivity contribution is 5.70. The van der Waals surface area contributed by atoms with E-state index in [0.29, 0.717) is 0 Å². The van der Waals surface area contributed by atoms with E-state index in [2.05, 4.69) is 0 Å². The fraction of sp³-hybridized carbons (Fsp3) is 0.833. The number of aliphatic hydroxyl groups excluding tert-OH is 1. The molecule has 4 nitrogen and oxygen atoms in total. The molecule has 0 aliphatic rings. The molecular formula is C6H13NO3. The quantitative estimate of drug-likeness (QED) is 0.498. The molecule has 0 rings (SSSR count). The first kappa shape index (κ1) is 9.39. The number of carboxylic acid groups (broad SMARTS) is 1. The van der Waals surface area contributed by atoms with Crippen LogP contribution in [0.3, 0.4) is 0 Å². The van der Waals surface area contributed by atoms with Gasteiger partial charge in [-0.2, -0.15) is 0 Å². The Balaban J connectivity index is 3.94. The predicted molar refractivity (Wildman–Crippen MR) is 36.5 cm³/mol. The summed E-state index contributed by atoms with van der Waals surface area (Å²) in [6.45, 7) is 3.00. The first-order valence-corrected chi connectivity index (χ1v) is 3.13. The van der Waals surface area contributed by atoms with Crippen molar-refractivity contribution in [2.24, 2.45) is 11.7 Å². The van der Waals surface area contributed by atoms with Gasteiger partial charge in [-0.25, -0.2) is 0 Å². The summed E-state index contributed by atoms with van der Waals surface area (Å²) < 4.78 is 0. The van der Waals surface area contributed by atoms with E-state index in [4.69, 9.17) is 15.9 Å². The van der Waals surface area contributed by atoms with Crippen molar-refractivity contribution in [1.29, 1.82) is 0 Å². The van der Waals surface area contributed by atoms with E-state index in [0.717, 1.165) is 0 Å². The summed E-state index contributed by atoms with van der Waals surface area (Å²) in [4.78, 5) is 10.2. The highest BCUT2D eigenvalue weighted by Crippen LogP contribution is 2.05. The molecule has 0 saturated heterocycles. The largest absolute Gasteiger partial charge is 0.481 e. The van der Waals surface area contributed by atoms with E-state index in [1.54, 1.807) is 6.92 Å². The van der Waals surface area contributed by atoms with Crippen LogP contribution < -0.4 is 5.73 Å². The lowest BCUT2D eigenvalue weighted by Gasteiger charge is -2.17. The zero-order valence-electron chi connectivity index (χ0n) is 6.11. The maximum absolute atomic E-state index is 10.2. The molecule has 0 saturated carbocycles. The number of hydrogen-bond donors (Lipinski definition) is 3. The van der Waals surface area contributed by atoms with E-state index in [1.165, 1.54) is 6.92 Å². The Kier molecular flexibility index (Phi) is 3.32. The van der Waals surface area contributed by atoms with Crippen molar-refractivity contribution >= 4 is 5.97 Å². The molecule has 3 atom stereocenters. The van der Waals surface area contributed by atoms with E-state index < -0.39 is 24.0 Å². The summed E-state index contributed by atoms with van der Waals surface area (Å²) in [6, 6.07) is -0.494. The van der Waals surface area contributed by atoms with Crippen LogP contribution in [0, 0.1) is 5.92 Å². The Morgan fingerprint density at radius 1 is 1.50 bits per heavy atom. The van der Waals surface area contributed by atoms with Crippen molar-refractivity contribution in [3.8, 4) is 0 Å². The van der Waals surface area contributed by atoms with Crippen molar-refractivity contribution in [3.05, 3.63) is 0 Å². The normalized spacial score (nSPS) is 19.6. The third-order valence-corrected chi connectivity index (χ3v) is 1.44. The standard InChI is InChI=1S/C6H13NO3/c1-3(6(9)10)5(8)4(2)7/h3-5,8H,7H2,1-2H3,(H,9,10)/t3?,4-,5+/m1/s1. The molecule has 0 aromatic heterocycles. The van der Waals surface area contributed by atoms with Gasteiger partial charge in [-0.05, 0) is 13.8 Å². The number of aliphatic carboxylic acids is 1. The average Bonchev–Trinajstić information content (AvgIpc) is 1.84. The van der Waals surface area contributed by atoms with Gasteiger partial charge in [-0.1, -0.05) is 0 Å². The molecule has 10 heavy (non-hydrogen) atoms. The topological polar surface area (TPSA) is 83.5 Å². The molecule has 4 N–H and O–H groups in total. The molecule has 0 heterocycles. The van der Waals surface area contributed by atoms with Gasteiger partial charge in [-0.15, -0.1) is 0 Å². The van der Waals surface area contributed by atoms with Gasteiger partial charge in [0.1, 0.15) is 0 Å². The smallest absolute Gasteiger partial charge is 0.308 e. The Labute approximate surface area is 59.7 Å². The number of rotatable bonds is 3. The number of nitrogens with two attached hydrogens (primary N) is 1. The fourth-order valence-corrected chi connectivity index (χ4v) is 0.601. The van der Waals surface area contributed by atoms with E-state index >= 15 is 0 Å². The van der Waals surface area contributed by atoms with Crippen LogP contribution in [0.4, 0.5) is 0 Å². The highest BCUT2D eigenvalue weighted by Gasteiger charge is 2.23. The van der Waals surface area contributed by atoms with Gasteiger partial charge < -0.3 is 15.9 Å². The summed E-state index contributed by atoms with van der Waals surface area (Å²) in [5, 5.41) is 17.4. The van der Waals surface area contributed by atoms with Crippen LogP contribution in [-0.2, 0) is 4.79 Å². The minimum Gasteiger partial charge on any atom is -0.481 e. The molecule has 0 amide bonds. The molecule has 0 fully saturated rings. The van der Waals surface area contributed by atoms with Gasteiger partial charge >= 0.3 is 5.97 Å². The van der Waals surface area contributed by atoms with Gasteiger partial charge in [0.15, 0.2) is 0 Å². The molecule has 0 radical (unpaired) electrons. The minimum absolute atomic E-state index is 0.494. The van der Waals surface area contributed by atoms with Crippen LogP contribution in [0.5, 0.6) is 0 Å². The molecule has 0 aliphatic heterocycles. The summed E-state index contributed by atoms with van der Waals surface area (Å²) in [5.74, 6) is -1.82. The van der Waals surface area contributed by atoms with Crippen LogP contribution in [-0.4, -0.2) is 28.3 Å². The summed E-state index contributed by atoms with van der Waals surface area (Å²) in [7, 11) is 0. The van der Waals surface area contributed by atoms with E-state index in [1.807, 2.05) is 0 Å². The molecule has 0 spiro atoms. The van der Waals surface area contributed by atoms with Crippen molar-refractivity contribution in [1.82, 2.24) is 0 Å². The fourth-order valence-electron chi connectivity index (χ4n) is 0.601. The highest BCUT2D eigenvalue weighted by atomic mass is 16.4. The molecule has 0 aliphatic carbocycles. The van der Waals surface area contributed by atoms with Crippen molar-refractivity contribution < 1.29 is 15.0 Å². The van der Waals surface area contributed by atoms with Gasteiger partial charge in [0, 0.05) is 6.04 Å². The van der Waals surface area contributed by atoms with Gasteiger partial charge in [-0.3, -0.25) is 4.79 Å². The van der Waals surface area contributed by atoms with Crippen molar-refractivity contribution in [2.75, 3.05) is 0 Å². The molecule has 60 valence electrons. The summed E-state index contributed by atoms with van der Waals surface area (Å²) in [6.07, 6.45) is -0.961. The maximum Gasteiger partial charge on any atom is 0.308 e. The first-order valence-electron chi connectivity index (χ1n) is 3.13. The van der Waals surface area contributed by atoms with Gasteiger partial charge in [0.25, 0.3) is 0 Å².